The van der Waals surface area contributed by atoms with Gasteiger partial charge in [-0.2, -0.15) is 21.0 Å². The van der Waals surface area contributed by atoms with Gasteiger partial charge >= 0.3 is 0 Å². The molecule has 186 valence electrons. The van der Waals surface area contributed by atoms with Crippen molar-refractivity contribution in [3.05, 3.63) is 0 Å². The van der Waals surface area contributed by atoms with Gasteiger partial charge in [0, 0.05) is 12.3 Å². The molecule has 3 aliphatic rings. The standard InChI is InChI=1S/C15H28OS.C10H16O4S/c1-3-5-11-15(17,12-6-4-2)14(16)13-9-7-8-10-13;1-9(2)7-3-4-10(9,8(11)5-7)6-15(12,13)14/h13,17H,3-12H2,1-2H3;7H,3-6H2,1-2H3,(H,12,13,14). The SMILES string of the molecule is CC1(C)C2CCC1(CS(=O)(=O)O)C(=O)C2.CCCCC(S)(CCCC)C(=O)C1CCCC1. The Bertz CT molecular complexity index is 759. The molecule has 0 aliphatic heterocycles. The minimum absolute atomic E-state index is 0.0152. The highest BCUT2D eigenvalue weighted by Crippen LogP contribution is 2.64. The molecule has 3 saturated carbocycles. The number of Topliss-reactive ketones (excluding diaryl/α,β-unsaturated/α-hetero) is 2. The van der Waals surface area contributed by atoms with Gasteiger partial charge in [-0.15, -0.1) is 0 Å². The smallest absolute Gasteiger partial charge is 0.265 e. The van der Waals surface area contributed by atoms with Crippen LogP contribution < -0.4 is 0 Å². The zero-order valence-corrected chi connectivity index (χ0v) is 22.2. The molecule has 0 heterocycles. The molecule has 0 aromatic carbocycles. The Morgan fingerprint density at radius 2 is 1.62 bits per heavy atom. The van der Waals surface area contributed by atoms with E-state index < -0.39 is 21.3 Å². The number of hydrogen-bond acceptors (Lipinski definition) is 5. The third-order valence-corrected chi connectivity index (χ3v) is 10.2. The first-order valence-electron chi connectivity index (χ1n) is 12.6. The first-order chi connectivity index (χ1) is 14.8. The predicted octanol–water partition coefficient (Wildman–Crippen LogP) is 6.06. The van der Waals surface area contributed by atoms with Gasteiger partial charge in [-0.05, 0) is 49.9 Å². The molecule has 5 nitrogen and oxygen atoms in total. The quantitative estimate of drug-likeness (QED) is 0.288. The summed E-state index contributed by atoms with van der Waals surface area (Å²) in [7, 11) is -4.08. The molecule has 3 rings (SSSR count). The molecule has 3 fully saturated rings. The molecule has 3 aliphatic carbocycles. The minimum atomic E-state index is -4.08. The molecule has 7 heteroatoms. The van der Waals surface area contributed by atoms with Gasteiger partial charge in [-0.3, -0.25) is 14.1 Å². The summed E-state index contributed by atoms with van der Waals surface area (Å²) in [6.07, 6.45) is 13.2. The van der Waals surface area contributed by atoms with Crippen LogP contribution in [0.1, 0.15) is 111 Å². The van der Waals surface area contributed by atoms with E-state index in [0.717, 1.165) is 57.8 Å². The number of hydrogen-bond donors (Lipinski definition) is 2. The third kappa shape index (κ3) is 5.99. The van der Waals surface area contributed by atoms with Gasteiger partial charge in [0.25, 0.3) is 10.1 Å². The third-order valence-electron chi connectivity index (χ3n) is 8.64. The van der Waals surface area contributed by atoms with E-state index in [1.54, 1.807) is 0 Å². The molecular formula is C25H44O5S2. The largest absolute Gasteiger partial charge is 0.299 e. The topological polar surface area (TPSA) is 88.5 Å². The maximum atomic E-state index is 12.6. The monoisotopic (exact) mass is 488 g/mol. The van der Waals surface area contributed by atoms with Crippen molar-refractivity contribution in [2.75, 3.05) is 5.75 Å². The van der Waals surface area contributed by atoms with Gasteiger partial charge < -0.3 is 0 Å². The molecule has 2 bridgehead atoms. The van der Waals surface area contributed by atoms with Crippen molar-refractivity contribution in [3.8, 4) is 0 Å². The van der Waals surface area contributed by atoms with Crippen molar-refractivity contribution in [1.82, 2.24) is 0 Å². The van der Waals surface area contributed by atoms with E-state index in [1.165, 1.54) is 12.8 Å². The zero-order valence-electron chi connectivity index (χ0n) is 20.5. The van der Waals surface area contributed by atoms with Crippen molar-refractivity contribution in [2.24, 2.45) is 22.7 Å². The Balaban J connectivity index is 0.000000228. The second kappa shape index (κ2) is 10.9. The van der Waals surface area contributed by atoms with Gasteiger partial charge in [0.05, 0.1) is 15.9 Å². The van der Waals surface area contributed by atoms with Gasteiger partial charge in [0.15, 0.2) is 5.78 Å². The fraction of sp³-hybridized carbons (Fsp3) is 0.920. The van der Waals surface area contributed by atoms with E-state index in [0.29, 0.717) is 24.5 Å². The lowest BCUT2D eigenvalue weighted by Gasteiger charge is -2.35. The Morgan fingerprint density at radius 3 is 2.00 bits per heavy atom. The molecule has 32 heavy (non-hydrogen) atoms. The molecule has 0 saturated heterocycles. The molecule has 0 aromatic rings. The van der Waals surface area contributed by atoms with E-state index in [9.17, 15) is 18.0 Å². The maximum absolute atomic E-state index is 12.6. The highest BCUT2D eigenvalue weighted by Gasteiger charge is 2.65. The molecule has 2 atom stereocenters. The molecule has 2 unspecified atom stereocenters. The minimum Gasteiger partial charge on any atom is -0.299 e. The summed E-state index contributed by atoms with van der Waals surface area (Å²) in [4.78, 5) is 24.5. The van der Waals surface area contributed by atoms with Crippen molar-refractivity contribution in [2.45, 2.75) is 116 Å². The molecule has 0 amide bonds. The van der Waals surface area contributed by atoms with Crippen molar-refractivity contribution < 1.29 is 22.6 Å². The summed E-state index contributed by atoms with van der Waals surface area (Å²) in [5.74, 6) is 0.678. The van der Waals surface area contributed by atoms with Crippen LogP contribution in [-0.4, -0.2) is 35.0 Å². The van der Waals surface area contributed by atoms with E-state index in [4.69, 9.17) is 17.2 Å². The lowest BCUT2D eigenvalue weighted by molar-refractivity contribution is -0.128. The Labute approximate surface area is 201 Å². The normalized spacial score (nSPS) is 27.4. The summed E-state index contributed by atoms with van der Waals surface area (Å²) >= 11 is 4.81. The molecule has 0 radical (unpaired) electrons. The number of fused-ring (bicyclic) bond motifs is 2. The fourth-order valence-corrected chi connectivity index (χ4v) is 8.10. The van der Waals surface area contributed by atoms with Crippen LogP contribution in [0.5, 0.6) is 0 Å². The molecular weight excluding hydrogens is 444 g/mol. The van der Waals surface area contributed by atoms with Crippen LogP contribution in [0.4, 0.5) is 0 Å². The second-order valence-electron chi connectivity index (χ2n) is 11.0. The Hall–Kier alpha value is -0.400. The van der Waals surface area contributed by atoms with Crippen LogP contribution in [0.2, 0.25) is 0 Å². The van der Waals surface area contributed by atoms with Gasteiger partial charge in [-0.25, -0.2) is 0 Å². The Kier molecular flexibility index (Phi) is 9.48. The number of rotatable bonds is 10. The first-order valence-corrected chi connectivity index (χ1v) is 14.6. The van der Waals surface area contributed by atoms with Gasteiger partial charge in [0.2, 0.25) is 0 Å². The average Bonchev–Trinajstić information content (AvgIpc) is 3.37. The van der Waals surface area contributed by atoms with E-state index in [1.807, 2.05) is 13.8 Å². The van der Waals surface area contributed by atoms with E-state index in [2.05, 4.69) is 13.8 Å². The van der Waals surface area contributed by atoms with Crippen LogP contribution in [0, 0.1) is 22.7 Å². The van der Waals surface area contributed by atoms with Crippen LogP contribution in [0.25, 0.3) is 0 Å². The number of ketones is 2. The second-order valence-corrected chi connectivity index (χ2v) is 13.3. The van der Waals surface area contributed by atoms with E-state index >= 15 is 0 Å². The summed E-state index contributed by atoms with van der Waals surface area (Å²) in [5, 5.41) is 0. The summed E-state index contributed by atoms with van der Waals surface area (Å²) in [6, 6.07) is 0. The van der Waals surface area contributed by atoms with Crippen molar-refractivity contribution in [1.29, 1.82) is 0 Å². The average molecular weight is 489 g/mol. The lowest BCUT2D eigenvalue weighted by atomic mass is 9.70. The summed E-state index contributed by atoms with van der Waals surface area (Å²) < 4.78 is 30.7. The molecule has 1 N–H and O–H groups in total. The zero-order chi connectivity index (χ0) is 24.2. The van der Waals surface area contributed by atoms with Crippen LogP contribution in [0.15, 0.2) is 0 Å². The van der Waals surface area contributed by atoms with Crippen molar-refractivity contribution >= 4 is 34.3 Å². The van der Waals surface area contributed by atoms with Crippen LogP contribution in [-0.2, 0) is 19.7 Å². The summed E-state index contributed by atoms with van der Waals surface area (Å²) in [5.41, 5.74) is -1.12. The van der Waals surface area contributed by atoms with Crippen molar-refractivity contribution in [3.63, 3.8) is 0 Å². The predicted molar refractivity (Wildman–Crippen MR) is 133 cm³/mol. The van der Waals surface area contributed by atoms with Gasteiger partial charge in [-0.1, -0.05) is 66.2 Å². The number of carbonyl (C=O) groups is 2. The summed E-state index contributed by atoms with van der Waals surface area (Å²) in [6.45, 7) is 8.27. The van der Waals surface area contributed by atoms with Crippen LogP contribution >= 0.6 is 12.6 Å². The highest BCUT2D eigenvalue weighted by molar-refractivity contribution is 7.85. The highest BCUT2D eigenvalue weighted by atomic mass is 32.2. The maximum Gasteiger partial charge on any atom is 0.265 e. The lowest BCUT2D eigenvalue weighted by Crippen LogP contribution is -2.42. The number of thiol groups is 1. The van der Waals surface area contributed by atoms with Gasteiger partial charge in [0.1, 0.15) is 5.78 Å². The Morgan fingerprint density at radius 1 is 1.09 bits per heavy atom. The number of unbranched alkanes of at least 4 members (excludes halogenated alkanes) is 2. The fourth-order valence-electron chi connectivity index (χ4n) is 6.30. The molecule has 0 spiro atoms. The first kappa shape index (κ1) is 27.8. The number of carbonyl (C=O) groups excluding carboxylic acids is 2. The molecule has 0 aromatic heterocycles. The van der Waals surface area contributed by atoms with E-state index in [-0.39, 0.29) is 21.9 Å². The van der Waals surface area contributed by atoms with Crippen LogP contribution in [0.3, 0.4) is 0 Å².